The Bertz CT molecular complexity index is 284. The highest BCUT2D eigenvalue weighted by atomic mass is 16.6. The molecule has 106 valence electrons. The molecule has 0 aliphatic heterocycles. The number of amides is 2. The number of likely N-dealkylation sites (N-methyl/N-ethyl adjacent to an activating group) is 1. The van der Waals surface area contributed by atoms with Crippen molar-refractivity contribution in [3.05, 3.63) is 0 Å². The second kappa shape index (κ2) is 7.24. The van der Waals surface area contributed by atoms with Gasteiger partial charge in [-0.25, -0.2) is 4.79 Å². The Kier molecular flexibility index (Phi) is 6.73. The summed E-state index contributed by atoms with van der Waals surface area (Å²) in [5.41, 5.74) is -0.564. The Balaban J connectivity index is 4.59. The minimum atomic E-state index is -0.564. The summed E-state index contributed by atoms with van der Waals surface area (Å²) in [6.45, 7) is 11.7. The minimum absolute atomic E-state index is 0.0593. The molecule has 0 spiro atoms. The van der Waals surface area contributed by atoms with Gasteiger partial charge < -0.3 is 15.4 Å². The Hall–Kier alpha value is -1.26. The number of rotatable bonds is 5. The molecule has 0 fully saturated rings. The molecule has 0 bridgehead atoms. The maximum absolute atomic E-state index is 11.9. The van der Waals surface area contributed by atoms with Gasteiger partial charge in [0.25, 0.3) is 0 Å². The third kappa shape index (κ3) is 6.47. The van der Waals surface area contributed by atoms with Gasteiger partial charge in [0.05, 0.1) is 0 Å². The fourth-order valence-corrected chi connectivity index (χ4v) is 1.42. The minimum Gasteiger partial charge on any atom is -0.444 e. The zero-order chi connectivity index (χ0) is 14.3. The van der Waals surface area contributed by atoms with Crippen LogP contribution in [0.5, 0.6) is 0 Å². The van der Waals surface area contributed by atoms with E-state index in [1.54, 1.807) is 20.8 Å². The number of hydrogen-bond donors (Lipinski definition) is 2. The van der Waals surface area contributed by atoms with Crippen LogP contribution < -0.4 is 10.6 Å². The first-order chi connectivity index (χ1) is 8.21. The first kappa shape index (κ1) is 16.7. The van der Waals surface area contributed by atoms with Crippen molar-refractivity contribution in [2.45, 2.75) is 59.6 Å². The topological polar surface area (TPSA) is 67.4 Å². The molecule has 0 aliphatic carbocycles. The molecule has 0 heterocycles. The predicted molar refractivity (Wildman–Crippen MR) is 71.3 cm³/mol. The van der Waals surface area contributed by atoms with Crippen molar-refractivity contribution >= 4 is 12.0 Å². The molecule has 18 heavy (non-hydrogen) atoms. The van der Waals surface area contributed by atoms with E-state index in [4.69, 9.17) is 4.74 Å². The second-order valence-corrected chi connectivity index (χ2v) is 5.40. The van der Waals surface area contributed by atoms with Crippen molar-refractivity contribution in [1.82, 2.24) is 10.6 Å². The number of alkyl carbamates (subject to hydrolysis) is 1. The summed E-state index contributed by atoms with van der Waals surface area (Å²) < 4.78 is 5.16. The van der Waals surface area contributed by atoms with Gasteiger partial charge >= 0.3 is 6.09 Å². The maximum atomic E-state index is 11.9. The molecule has 2 amide bonds. The molecule has 5 nitrogen and oxygen atoms in total. The number of carbonyl (C=O) groups excluding carboxylic acids is 2. The van der Waals surface area contributed by atoms with Gasteiger partial charge in [-0.15, -0.1) is 0 Å². The van der Waals surface area contributed by atoms with Crippen LogP contribution in [0.2, 0.25) is 0 Å². The summed E-state index contributed by atoms with van der Waals surface area (Å²) in [7, 11) is 0. The van der Waals surface area contributed by atoms with Crippen LogP contribution in [0.3, 0.4) is 0 Å². The van der Waals surface area contributed by atoms with Gasteiger partial charge in [0.2, 0.25) is 5.91 Å². The van der Waals surface area contributed by atoms with E-state index in [9.17, 15) is 9.59 Å². The van der Waals surface area contributed by atoms with E-state index in [2.05, 4.69) is 10.6 Å². The third-order valence-corrected chi connectivity index (χ3v) is 2.52. The Morgan fingerprint density at radius 1 is 1.22 bits per heavy atom. The number of carbonyl (C=O) groups is 2. The first-order valence-electron chi connectivity index (χ1n) is 6.48. The zero-order valence-electron chi connectivity index (χ0n) is 12.3. The lowest BCUT2D eigenvalue weighted by atomic mass is 9.98. The number of ether oxygens (including phenoxy) is 1. The van der Waals surface area contributed by atoms with Crippen LogP contribution in [0.1, 0.15) is 48.0 Å². The van der Waals surface area contributed by atoms with E-state index in [0.29, 0.717) is 6.54 Å². The molecule has 0 aromatic rings. The maximum Gasteiger partial charge on any atom is 0.408 e. The van der Waals surface area contributed by atoms with Crippen molar-refractivity contribution in [2.24, 2.45) is 5.92 Å². The summed E-state index contributed by atoms with van der Waals surface area (Å²) in [6.07, 6.45) is 0.247. The monoisotopic (exact) mass is 258 g/mol. The van der Waals surface area contributed by atoms with Gasteiger partial charge in [-0.1, -0.05) is 20.3 Å². The molecular weight excluding hydrogens is 232 g/mol. The van der Waals surface area contributed by atoms with Gasteiger partial charge in [0.15, 0.2) is 0 Å². The number of nitrogens with one attached hydrogen (secondary N) is 2. The van der Waals surface area contributed by atoms with Crippen LogP contribution >= 0.6 is 0 Å². The summed E-state index contributed by atoms with van der Waals surface area (Å²) in [5, 5.41) is 5.36. The Labute approximate surface area is 110 Å². The predicted octanol–water partition coefficient (Wildman–Crippen LogP) is 2.06. The summed E-state index contributed by atoms with van der Waals surface area (Å²) >= 11 is 0. The zero-order valence-corrected chi connectivity index (χ0v) is 12.3. The highest BCUT2D eigenvalue weighted by Crippen LogP contribution is 2.11. The SMILES string of the molecule is CCNC(=O)C(NC(=O)OC(C)(C)C)C(C)CC. The van der Waals surface area contributed by atoms with Gasteiger partial charge in [-0.3, -0.25) is 4.79 Å². The first-order valence-corrected chi connectivity index (χ1v) is 6.48. The smallest absolute Gasteiger partial charge is 0.408 e. The van der Waals surface area contributed by atoms with Crippen LogP contribution in [0.15, 0.2) is 0 Å². The van der Waals surface area contributed by atoms with Crippen molar-refractivity contribution in [2.75, 3.05) is 6.54 Å². The summed E-state index contributed by atoms with van der Waals surface area (Å²) in [6, 6.07) is -0.551. The van der Waals surface area contributed by atoms with Crippen LogP contribution in [0.4, 0.5) is 4.79 Å². The largest absolute Gasteiger partial charge is 0.444 e. The van der Waals surface area contributed by atoms with E-state index < -0.39 is 17.7 Å². The molecule has 0 saturated carbocycles. The quantitative estimate of drug-likeness (QED) is 0.793. The third-order valence-electron chi connectivity index (χ3n) is 2.52. The van der Waals surface area contributed by atoms with Gasteiger partial charge in [0, 0.05) is 6.54 Å². The summed E-state index contributed by atoms with van der Waals surface area (Å²) in [5.74, 6) is -0.109. The second-order valence-electron chi connectivity index (χ2n) is 5.40. The van der Waals surface area contributed by atoms with Crippen molar-refractivity contribution in [1.29, 1.82) is 0 Å². The van der Waals surface area contributed by atoms with Gasteiger partial charge in [-0.2, -0.15) is 0 Å². The van der Waals surface area contributed by atoms with Crippen LogP contribution in [-0.2, 0) is 9.53 Å². The molecule has 5 heteroatoms. The molecule has 0 aliphatic rings. The fourth-order valence-electron chi connectivity index (χ4n) is 1.42. The van der Waals surface area contributed by atoms with E-state index in [1.807, 2.05) is 20.8 Å². The Morgan fingerprint density at radius 3 is 2.17 bits per heavy atom. The van der Waals surface area contributed by atoms with Crippen molar-refractivity contribution in [3.8, 4) is 0 Å². The molecule has 0 radical (unpaired) electrons. The standard InChI is InChI=1S/C13H26N2O3/c1-7-9(3)10(11(16)14-8-2)15-12(17)18-13(4,5)6/h9-10H,7-8H2,1-6H3,(H,14,16)(H,15,17). The number of hydrogen-bond acceptors (Lipinski definition) is 3. The molecule has 0 aromatic carbocycles. The van der Waals surface area contributed by atoms with Crippen LogP contribution in [0.25, 0.3) is 0 Å². The average Bonchev–Trinajstić information content (AvgIpc) is 2.22. The molecule has 0 rings (SSSR count). The van der Waals surface area contributed by atoms with E-state index in [1.165, 1.54) is 0 Å². The Morgan fingerprint density at radius 2 is 1.78 bits per heavy atom. The molecule has 2 unspecified atom stereocenters. The van der Waals surface area contributed by atoms with Gasteiger partial charge in [-0.05, 0) is 33.6 Å². The molecule has 2 N–H and O–H groups in total. The molecule has 0 saturated heterocycles. The van der Waals surface area contributed by atoms with E-state index in [0.717, 1.165) is 6.42 Å². The summed E-state index contributed by atoms with van der Waals surface area (Å²) in [4.78, 5) is 23.5. The lowest BCUT2D eigenvalue weighted by Crippen LogP contribution is -2.51. The van der Waals surface area contributed by atoms with E-state index in [-0.39, 0.29) is 11.8 Å². The van der Waals surface area contributed by atoms with Crippen LogP contribution in [-0.4, -0.2) is 30.2 Å². The van der Waals surface area contributed by atoms with Crippen molar-refractivity contribution < 1.29 is 14.3 Å². The van der Waals surface area contributed by atoms with E-state index >= 15 is 0 Å². The van der Waals surface area contributed by atoms with Crippen molar-refractivity contribution in [3.63, 3.8) is 0 Å². The lowest BCUT2D eigenvalue weighted by Gasteiger charge is -2.26. The highest BCUT2D eigenvalue weighted by Gasteiger charge is 2.27. The molecule has 2 atom stereocenters. The molecular formula is C13H26N2O3. The lowest BCUT2D eigenvalue weighted by molar-refractivity contribution is -0.124. The van der Waals surface area contributed by atoms with Gasteiger partial charge in [0.1, 0.15) is 11.6 Å². The average molecular weight is 258 g/mol. The molecule has 0 aromatic heterocycles. The van der Waals surface area contributed by atoms with Crippen LogP contribution in [0, 0.1) is 5.92 Å². The highest BCUT2D eigenvalue weighted by molar-refractivity contribution is 5.85. The fraction of sp³-hybridized carbons (Fsp3) is 0.846. The normalized spacial score (nSPS) is 14.6.